The summed E-state index contributed by atoms with van der Waals surface area (Å²) in [5.41, 5.74) is 3.35. The third kappa shape index (κ3) is 3.79. The van der Waals surface area contributed by atoms with E-state index in [1.807, 2.05) is 12.1 Å². The van der Waals surface area contributed by atoms with E-state index in [1.165, 1.54) is 11.1 Å². The highest BCUT2D eigenvalue weighted by Crippen LogP contribution is 2.35. The minimum Gasteiger partial charge on any atom is -0.480 e. The number of hydrogen-bond donors (Lipinski definition) is 2. The molecule has 1 aliphatic carbocycles. The van der Waals surface area contributed by atoms with Gasteiger partial charge in [0.25, 0.3) is 0 Å². The molecule has 2 atom stereocenters. The van der Waals surface area contributed by atoms with E-state index in [0.29, 0.717) is 6.42 Å². The average molecular weight is 324 g/mol. The van der Waals surface area contributed by atoms with Crippen molar-refractivity contribution in [3.8, 4) is 0 Å². The van der Waals surface area contributed by atoms with E-state index in [1.54, 1.807) is 24.5 Å². The summed E-state index contributed by atoms with van der Waals surface area (Å²) in [6, 6.07) is 10.7. The van der Waals surface area contributed by atoms with Crippen LogP contribution in [-0.2, 0) is 22.4 Å². The van der Waals surface area contributed by atoms with E-state index in [9.17, 15) is 14.7 Å². The zero-order valence-corrected chi connectivity index (χ0v) is 13.3. The van der Waals surface area contributed by atoms with E-state index in [2.05, 4.69) is 22.4 Å². The van der Waals surface area contributed by atoms with Crippen molar-refractivity contribution in [1.29, 1.82) is 0 Å². The van der Waals surface area contributed by atoms with Crippen LogP contribution in [0.1, 0.15) is 35.4 Å². The van der Waals surface area contributed by atoms with E-state index >= 15 is 0 Å². The molecule has 0 aliphatic heterocycles. The molecule has 1 heterocycles. The molecule has 1 aromatic carbocycles. The average Bonchev–Trinajstić information content (AvgIpc) is 2.98. The number of hydrogen-bond acceptors (Lipinski definition) is 3. The maximum Gasteiger partial charge on any atom is 0.326 e. The van der Waals surface area contributed by atoms with Crippen molar-refractivity contribution in [1.82, 2.24) is 10.3 Å². The Kier molecular flexibility index (Phi) is 4.89. The highest BCUT2D eigenvalue weighted by atomic mass is 16.4. The normalized spacial score (nSPS) is 17.1. The number of nitrogens with one attached hydrogen (secondary N) is 1. The fourth-order valence-electron chi connectivity index (χ4n) is 3.29. The molecular formula is C19H20N2O3. The lowest BCUT2D eigenvalue weighted by Crippen LogP contribution is -2.42. The number of amides is 1. The predicted molar refractivity (Wildman–Crippen MR) is 89.6 cm³/mol. The molecule has 2 unspecified atom stereocenters. The number of carbonyl (C=O) groups is 2. The lowest BCUT2D eigenvalue weighted by atomic mass is 9.97. The smallest absolute Gasteiger partial charge is 0.326 e. The second-order valence-corrected chi connectivity index (χ2v) is 6.16. The number of rotatable bonds is 6. The molecule has 0 fully saturated rings. The standard InChI is InChI=1S/C19H20N2O3/c22-18(12-15-6-5-14-3-1-2-4-16(14)15)21-17(19(23)24)11-13-7-9-20-10-8-13/h1-4,7-10,15,17H,5-6,11-12H2,(H,21,22)(H,23,24). The number of fused-ring (bicyclic) bond motifs is 1. The number of aromatic nitrogens is 1. The van der Waals surface area contributed by atoms with Crippen molar-refractivity contribution in [3.05, 3.63) is 65.5 Å². The van der Waals surface area contributed by atoms with Crippen molar-refractivity contribution in [2.24, 2.45) is 0 Å². The lowest BCUT2D eigenvalue weighted by molar-refractivity contribution is -0.141. The van der Waals surface area contributed by atoms with Crippen LogP contribution in [0.15, 0.2) is 48.8 Å². The summed E-state index contributed by atoms with van der Waals surface area (Å²) in [6.07, 6.45) is 5.74. The van der Waals surface area contributed by atoms with Crippen molar-refractivity contribution in [2.45, 2.75) is 37.6 Å². The molecule has 2 aromatic rings. The van der Waals surface area contributed by atoms with Crippen LogP contribution in [-0.4, -0.2) is 28.0 Å². The molecule has 5 heteroatoms. The SMILES string of the molecule is O=C(CC1CCc2ccccc21)NC(Cc1ccncc1)C(=O)O. The number of pyridine rings is 1. The Labute approximate surface area is 140 Å². The summed E-state index contributed by atoms with van der Waals surface area (Å²) >= 11 is 0. The van der Waals surface area contributed by atoms with Crippen LogP contribution in [0, 0.1) is 0 Å². The van der Waals surface area contributed by atoms with Gasteiger partial charge in [-0.3, -0.25) is 9.78 Å². The fraction of sp³-hybridized carbons (Fsp3) is 0.316. The third-order valence-corrected chi connectivity index (χ3v) is 4.51. The number of carboxylic acid groups (broad SMARTS) is 1. The Bertz CT molecular complexity index is 730. The van der Waals surface area contributed by atoms with Gasteiger partial charge in [-0.2, -0.15) is 0 Å². The van der Waals surface area contributed by atoms with Gasteiger partial charge in [-0.05, 0) is 47.6 Å². The zero-order valence-electron chi connectivity index (χ0n) is 13.3. The predicted octanol–water partition coefficient (Wildman–Crippen LogP) is 2.31. The second kappa shape index (κ2) is 7.25. The first-order valence-corrected chi connectivity index (χ1v) is 8.12. The van der Waals surface area contributed by atoms with Crippen LogP contribution in [0.5, 0.6) is 0 Å². The lowest BCUT2D eigenvalue weighted by Gasteiger charge is -2.17. The maximum absolute atomic E-state index is 12.3. The molecule has 1 aliphatic rings. The highest BCUT2D eigenvalue weighted by Gasteiger charge is 2.26. The molecular weight excluding hydrogens is 304 g/mol. The molecule has 0 spiro atoms. The third-order valence-electron chi connectivity index (χ3n) is 4.51. The summed E-state index contributed by atoms with van der Waals surface area (Å²) in [5, 5.41) is 12.0. The Hall–Kier alpha value is -2.69. The number of carbonyl (C=O) groups excluding carboxylic acids is 1. The fourth-order valence-corrected chi connectivity index (χ4v) is 3.29. The van der Waals surface area contributed by atoms with Gasteiger partial charge in [-0.25, -0.2) is 4.79 Å². The van der Waals surface area contributed by atoms with Gasteiger partial charge in [0.15, 0.2) is 0 Å². The second-order valence-electron chi connectivity index (χ2n) is 6.16. The topological polar surface area (TPSA) is 79.3 Å². The molecule has 5 nitrogen and oxygen atoms in total. The van der Waals surface area contributed by atoms with Gasteiger partial charge in [-0.1, -0.05) is 24.3 Å². The van der Waals surface area contributed by atoms with Gasteiger partial charge < -0.3 is 10.4 Å². The minimum atomic E-state index is -1.02. The van der Waals surface area contributed by atoms with Gasteiger partial charge in [0.1, 0.15) is 6.04 Å². The molecule has 1 aromatic heterocycles. The molecule has 3 rings (SSSR count). The van der Waals surface area contributed by atoms with Gasteiger partial charge in [0, 0.05) is 25.2 Å². The van der Waals surface area contributed by atoms with Crippen molar-refractivity contribution in [3.63, 3.8) is 0 Å². The van der Waals surface area contributed by atoms with Gasteiger partial charge in [0.05, 0.1) is 0 Å². The summed E-state index contributed by atoms with van der Waals surface area (Å²) in [6.45, 7) is 0. The largest absolute Gasteiger partial charge is 0.480 e. The monoisotopic (exact) mass is 324 g/mol. The molecule has 2 N–H and O–H groups in total. The zero-order chi connectivity index (χ0) is 16.9. The van der Waals surface area contributed by atoms with E-state index in [4.69, 9.17) is 0 Å². The first-order valence-electron chi connectivity index (χ1n) is 8.12. The summed E-state index contributed by atoms with van der Waals surface area (Å²) < 4.78 is 0. The number of aryl methyl sites for hydroxylation is 1. The minimum absolute atomic E-state index is 0.177. The van der Waals surface area contributed by atoms with Crippen LogP contribution in [0.3, 0.4) is 0 Å². The number of nitrogens with zero attached hydrogens (tertiary/aromatic N) is 1. The van der Waals surface area contributed by atoms with Gasteiger partial charge in [-0.15, -0.1) is 0 Å². The summed E-state index contributed by atoms with van der Waals surface area (Å²) in [4.78, 5) is 27.7. The first-order chi connectivity index (χ1) is 11.6. The molecule has 24 heavy (non-hydrogen) atoms. The van der Waals surface area contributed by atoms with Crippen molar-refractivity contribution < 1.29 is 14.7 Å². The quantitative estimate of drug-likeness (QED) is 0.854. The highest BCUT2D eigenvalue weighted by molar-refractivity contribution is 5.84. The first kappa shape index (κ1) is 16.2. The maximum atomic E-state index is 12.3. The number of benzene rings is 1. The van der Waals surface area contributed by atoms with E-state index in [-0.39, 0.29) is 18.2 Å². The molecule has 0 saturated heterocycles. The molecule has 124 valence electrons. The Morgan fingerprint density at radius 1 is 1.21 bits per heavy atom. The van der Waals surface area contributed by atoms with E-state index < -0.39 is 12.0 Å². The molecule has 0 radical (unpaired) electrons. The van der Waals surface area contributed by atoms with Crippen LogP contribution in [0.4, 0.5) is 0 Å². The van der Waals surface area contributed by atoms with E-state index in [0.717, 1.165) is 18.4 Å². The molecule has 0 bridgehead atoms. The number of aliphatic carboxylic acids is 1. The molecule has 0 saturated carbocycles. The number of carboxylic acids is 1. The van der Waals surface area contributed by atoms with Crippen molar-refractivity contribution >= 4 is 11.9 Å². The van der Waals surface area contributed by atoms with Crippen LogP contribution in [0.2, 0.25) is 0 Å². The molecule has 1 amide bonds. The Balaban J connectivity index is 1.61. The van der Waals surface area contributed by atoms with Crippen LogP contribution in [0.25, 0.3) is 0 Å². The summed E-state index contributed by atoms with van der Waals surface area (Å²) in [5.74, 6) is -1.05. The Morgan fingerprint density at radius 2 is 1.96 bits per heavy atom. The van der Waals surface area contributed by atoms with Crippen LogP contribution < -0.4 is 5.32 Å². The summed E-state index contributed by atoms with van der Waals surface area (Å²) in [7, 11) is 0. The van der Waals surface area contributed by atoms with Crippen LogP contribution >= 0.6 is 0 Å². The Morgan fingerprint density at radius 3 is 2.71 bits per heavy atom. The van der Waals surface area contributed by atoms with Crippen molar-refractivity contribution in [2.75, 3.05) is 0 Å². The van der Waals surface area contributed by atoms with Gasteiger partial charge in [0.2, 0.25) is 5.91 Å². The van der Waals surface area contributed by atoms with Gasteiger partial charge >= 0.3 is 5.97 Å².